The normalized spacial score (nSPS) is 10.4. The summed E-state index contributed by atoms with van der Waals surface area (Å²) in [6.07, 6.45) is 4.61. The number of nitrogens with zero attached hydrogens (tertiary/aromatic N) is 2. The summed E-state index contributed by atoms with van der Waals surface area (Å²) in [5.41, 5.74) is 0.816. The molecule has 8 heteroatoms. The third-order valence-electron chi connectivity index (χ3n) is 3.50. The van der Waals surface area contributed by atoms with Crippen molar-refractivity contribution in [2.75, 3.05) is 5.32 Å². The maximum atomic E-state index is 13.7. The first-order valence-corrected chi connectivity index (χ1v) is 7.58. The number of hydrogen-bond acceptors (Lipinski definition) is 4. The second kappa shape index (κ2) is 7.64. The summed E-state index contributed by atoms with van der Waals surface area (Å²) in [6, 6.07) is 8.27. The van der Waals surface area contributed by atoms with Crippen molar-refractivity contribution >= 4 is 17.4 Å². The first-order chi connectivity index (χ1) is 12.5. The van der Waals surface area contributed by atoms with Gasteiger partial charge in [-0.2, -0.15) is 0 Å². The highest BCUT2D eigenvalue weighted by molar-refractivity contribution is 5.94. The lowest BCUT2D eigenvalue weighted by molar-refractivity contribution is 0.0951. The first-order valence-electron chi connectivity index (χ1n) is 7.58. The lowest BCUT2D eigenvalue weighted by Crippen LogP contribution is -2.23. The second-order valence-corrected chi connectivity index (χ2v) is 5.32. The van der Waals surface area contributed by atoms with E-state index in [-0.39, 0.29) is 29.5 Å². The van der Waals surface area contributed by atoms with E-state index >= 15 is 0 Å². The predicted octanol–water partition coefficient (Wildman–Crippen LogP) is 3.57. The van der Waals surface area contributed by atoms with E-state index in [1.807, 2.05) is 6.07 Å². The van der Waals surface area contributed by atoms with E-state index in [4.69, 9.17) is 0 Å². The molecule has 3 rings (SSSR count). The number of nitrogens with one attached hydrogen (secondary N) is 2. The van der Waals surface area contributed by atoms with Crippen LogP contribution in [-0.4, -0.2) is 15.9 Å². The van der Waals surface area contributed by atoms with Crippen LogP contribution in [0, 0.1) is 17.5 Å². The molecule has 0 unspecified atom stereocenters. The third-order valence-corrected chi connectivity index (χ3v) is 3.50. The van der Waals surface area contributed by atoms with Crippen LogP contribution in [0.4, 0.5) is 24.7 Å². The second-order valence-electron chi connectivity index (χ2n) is 5.32. The SMILES string of the molecule is O=C(NCc1cccnc1)c1ccnc(Nc2ccc(F)c(F)c2F)c1. The minimum absolute atomic E-state index is 0.115. The molecule has 0 atom stereocenters. The molecule has 2 N–H and O–H groups in total. The fourth-order valence-corrected chi connectivity index (χ4v) is 2.19. The Bertz CT molecular complexity index is 935. The molecule has 0 radical (unpaired) electrons. The molecule has 0 spiro atoms. The zero-order valence-electron chi connectivity index (χ0n) is 13.3. The number of amides is 1. The molecule has 26 heavy (non-hydrogen) atoms. The first kappa shape index (κ1) is 17.4. The van der Waals surface area contributed by atoms with E-state index in [0.29, 0.717) is 0 Å². The summed E-state index contributed by atoms with van der Waals surface area (Å²) in [5.74, 6) is -4.49. The Kier molecular flexibility index (Phi) is 5.12. The van der Waals surface area contributed by atoms with Gasteiger partial charge in [0.2, 0.25) is 0 Å². The highest BCUT2D eigenvalue weighted by Crippen LogP contribution is 2.23. The summed E-state index contributed by atoms with van der Waals surface area (Å²) in [5, 5.41) is 5.24. The van der Waals surface area contributed by atoms with Gasteiger partial charge in [-0.25, -0.2) is 18.2 Å². The van der Waals surface area contributed by atoms with Crippen LogP contribution >= 0.6 is 0 Å². The van der Waals surface area contributed by atoms with Gasteiger partial charge in [0.1, 0.15) is 5.82 Å². The number of carbonyl (C=O) groups is 1. The van der Waals surface area contributed by atoms with Crippen molar-refractivity contribution in [2.24, 2.45) is 0 Å². The number of aromatic nitrogens is 2. The monoisotopic (exact) mass is 358 g/mol. The standard InChI is InChI=1S/C18H13F3N4O/c19-13-3-4-14(17(21)16(13)20)25-15-8-12(5-7-23-15)18(26)24-10-11-2-1-6-22-9-11/h1-9H,10H2,(H,23,25)(H,24,26). The number of anilines is 2. The van der Waals surface area contributed by atoms with Crippen LogP contribution < -0.4 is 10.6 Å². The van der Waals surface area contributed by atoms with Gasteiger partial charge in [-0.15, -0.1) is 0 Å². The Morgan fingerprint density at radius 3 is 2.65 bits per heavy atom. The van der Waals surface area contributed by atoms with Gasteiger partial charge < -0.3 is 10.6 Å². The fourth-order valence-electron chi connectivity index (χ4n) is 2.19. The largest absolute Gasteiger partial charge is 0.348 e. The maximum absolute atomic E-state index is 13.7. The van der Waals surface area contributed by atoms with E-state index in [0.717, 1.165) is 17.7 Å². The van der Waals surface area contributed by atoms with Crippen LogP contribution in [0.3, 0.4) is 0 Å². The molecule has 3 aromatic rings. The molecule has 1 aromatic carbocycles. The van der Waals surface area contributed by atoms with Crippen molar-refractivity contribution in [3.63, 3.8) is 0 Å². The Morgan fingerprint density at radius 1 is 1.04 bits per heavy atom. The smallest absolute Gasteiger partial charge is 0.251 e. The van der Waals surface area contributed by atoms with Crippen molar-refractivity contribution in [3.8, 4) is 0 Å². The van der Waals surface area contributed by atoms with Crippen molar-refractivity contribution in [1.82, 2.24) is 15.3 Å². The van der Waals surface area contributed by atoms with Gasteiger partial charge in [-0.05, 0) is 35.9 Å². The highest BCUT2D eigenvalue weighted by atomic mass is 19.2. The van der Waals surface area contributed by atoms with Gasteiger partial charge in [0.25, 0.3) is 5.91 Å². The van der Waals surface area contributed by atoms with E-state index in [2.05, 4.69) is 20.6 Å². The molecule has 0 saturated carbocycles. The van der Waals surface area contributed by atoms with Crippen LogP contribution in [0.1, 0.15) is 15.9 Å². The van der Waals surface area contributed by atoms with Crippen molar-refractivity contribution in [3.05, 3.63) is 83.6 Å². The van der Waals surface area contributed by atoms with Gasteiger partial charge in [-0.1, -0.05) is 6.07 Å². The minimum atomic E-state index is -1.58. The van der Waals surface area contributed by atoms with Crippen LogP contribution in [0.5, 0.6) is 0 Å². The molecular weight excluding hydrogens is 345 g/mol. The Balaban J connectivity index is 1.72. The van der Waals surface area contributed by atoms with Crippen LogP contribution in [0.15, 0.2) is 55.0 Å². The number of pyridine rings is 2. The number of carbonyl (C=O) groups excluding carboxylic acids is 1. The van der Waals surface area contributed by atoms with Crippen molar-refractivity contribution < 1.29 is 18.0 Å². The topological polar surface area (TPSA) is 66.9 Å². The quantitative estimate of drug-likeness (QED) is 0.685. The zero-order chi connectivity index (χ0) is 18.5. The summed E-state index contributed by atoms with van der Waals surface area (Å²) in [4.78, 5) is 20.1. The average molecular weight is 358 g/mol. The van der Waals surface area contributed by atoms with E-state index in [1.165, 1.54) is 18.3 Å². The molecule has 0 bridgehead atoms. The molecule has 5 nitrogen and oxygen atoms in total. The summed E-state index contributed by atoms with van der Waals surface area (Å²) < 4.78 is 40.0. The van der Waals surface area contributed by atoms with Crippen LogP contribution in [-0.2, 0) is 6.54 Å². The van der Waals surface area contributed by atoms with Gasteiger partial charge in [-0.3, -0.25) is 9.78 Å². The minimum Gasteiger partial charge on any atom is -0.348 e. The molecule has 0 aliphatic rings. The molecular formula is C18H13F3N4O. The fraction of sp³-hybridized carbons (Fsp3) is 0.0556. The van der Waals surface area contributed by atoms with Crippen LogP contribution in [0.25, 0.3) is 0 Å². The van der Waals surface area contributed by atoms with E-state index < -0.39 is 17.5 Å². The Hall–Kier alpha value is -3.42. The number of hydrogen-bond donors (Lipinski definition) is 2. The molecule has 0 fully saturated rings. The summed E-state index contributed by atoms with van der Waals surface area (Å²) >= 11 is 0. The number of benzene rings is 1. The third kappa shape index (κ3) is 3.97. The van der Waals surface area contributed by atoms with Crippen molar-refractivity contribution in [1.29, 1.82) is 0 Å². The molecule has 2 aromatic heterocycles. The lowest BCUT2D eigenvalue weighted by atomic mass is 10.2. The van der Waals surface area contributed by atoms with Crippen LogP contribution in [0.2, 0.25) is 0 Å². The number of halogens is 3. The zero-order valence-corrected chi connectivity index (χ0v) is 13.3. The van der Waals surface area contributed by atoms with E-state index in [1.54, 1.807) is 18.5 Å². The summed E-state index contributed by atoms with van der Waals surface area (Å²) in [7, 11) is 0. The maximum Gasteiger partial charge on any atom is 0.251 e. The molecule has 2 heterocycles. The number of rotatable bonds is 5. The lowest BCUT2D eigenvalue weighted by Gasteiger charge is -2.09. The Morgan fingerprint density at radius 2 is 1.88 bits per heavy atom. The van der Waals surface area contributed by atoms with E-state index in [9.17, 15) is 18.0 Å². The van der Waals surface area contributed by atoms with Gasteiger partial charge >= 0.3 is 0 Å². The molecule has 0 aliphatic heterocycles. The van der Waals surface area contributed by atoms with Crippen molar-refractivity contribution in [2.45, 2.75) is 6.54 Å². The molecule has 132 valence electrons. The predicted molar refractivity (Wildman–Crippen MR) is 89.2 cm³/mol. The highest BCUT2D eigenvalue weighted by Gasteiger charge is 2.14. The van der Waals surface area contributed by atoms with Gasteiger partial charge in [0, 0.05) is 30.7 Å². The summed E-state index contributed by atoms with van der Waals surface area (Å²) in [6.45, 7) is 0.287. The molecule has 1 amide bonds. The molecule has 0 saturated heterocycles. The molecule has 0 aliphatic carbocycles. The Labute approximate surface area is 146 Å². The van der Waals surface area contributed by atoms with Gasteiger partial charge in [0.05, 0.1) is 5.69 Å². The van der Waals surface area contributed by atoms with Gasteiger partial charge in [0.15, 0.2) is 17.5 Å². The average Bonchev–Trinajstić information content (AvgIpc) is 2.67.